The van der Waals surface area contributed by atoms with Gasteiger partial charge in [-0.2, -0.15) is 26.3 Å². The zero-order chi connectivity index (χ0) is 23.8. The van der Waals surface area contributed by atoms with Crippen LogP contribution in [0.3, 0.4) is 0 Å². The molecule has 0 aliphatic rings. The highest BCUT2D eigenvalue weighted by Crippen LogP contribution is 2.49. The third-order valence-electron chi connectivity index (χ3n) is 4.54. The van der Waals surface area contributed by atoms with Crippen molar-refractivity contribution in [2.24, 2.45) is 0 Å². The Labute approximate surface area is 175 Å². The lowest BCUT2D eigenvalue weighted by atomic mass is 9.92. The van der Waals surface area contributed by atoms with Crippen LogP contribution in [0.2, 0.25) is 0 Å². The average molecular weight is 456 g/mol. The van der Waals surface area contributed by atoms with Gasteiger partial charge in [0, 0.05) is 6.07 Å². The number of hydrogen-bond acceptors (Lipinski definition) is 4. The predicted octanol–water partition coefficient (Wildman–Crippen LogP) is 6.87. The molecule has 0 amide bonds. The van der Waals surface area contributed by atoms with Gasteiger partial charge in [0.25, 0.3) is 11.4 Å². The minimum absolute atomic E-state index is 0.0318. The second-order valence-electron chi connectivity index (χ2n) is 6.49. The largest absolute Gasteiger partial charge is 0.423 e. The van der Waals surface area contributed by atoms with Crippen molar-refractivity contribution in [2.75, 3.05) is 0 Å². The van der Waals surface area contributed by atoms with Crippen LogP contribution in [0.25, 0.3) is 22.3 Å². The molecule has 0 N–H and O–H groups in total. The van der Waals surface area contributed by atoms with E-state index in [1.165, 1.54) is 6.07 Å². The lowest BCUT2D eigenvalue weighted by Crippen LogP contribution is -2.19. The van der Waals surface area contributed by atoms with Crippen LogP contribution >= 0.6 is 0 Å². The second kappa shape index (κ2) is 7.94. The van der Waals surface area contributed by atoms with Gasteiger partial charge in [0.2, 0.25) is 0 Å². The van der Waals surface area contributed by atoms with Gasteiger partial charge in [-0.1, -0.05) is 30.3 Å². The number of benzene rings is 3. The van der Waals surface area contributed by atoms with E-state index >= 15 is 0 Å². The third-order valence-corrected chi connectivity index (χ3v) is 4.54. The summed E-state index contributed by atoms with van der Waals surface area (Å²) in [5, 5.41) is 23.0. The predicted molar refractivity (Wildman–Crippen MR) is 101 cm³/mol. The van der Waals surface area contributed by atoms with Gasteiger partial charge >= 0.3 is 12.4 Å². The first-order valence-electron chi connectivity index (χ1n) is 8.62. The Morgan fingerprint density at radius 3 is 1.78 bits per heavy atom. The molecule has 0 saturated heterocycles. The van der Waals surface area contributed by atoms with Gasteiger partial charge in [-0.15, -0.1) is 0 Å². The molecule has 0 heterocycles. The first-order chi connectivity index (χ1) is 14.8. The Morgan fingerprint density at radius 1 is 0.656 bits per heavy atom. The molecule has 0 saturated carbocycles. The van der Waals surface area contributed by atoms with Gasteiger partial charge in [-0.3, -0.25) is 20.2 Å². The molecule has 6 nitrogen and oxygen atoms in total. The van der Waals surface area contributed by atoms with Crippen molar-refractivity contribution < 1.29 is 36.2 Å². The molecule has 0 spiro atoms. The molecular weight excluding hydrogens is 446 g/mol. The summed E-state index contributed by atoms with van der Waals surface area (Å²) in [7, 11) is 0. The Balaban J connectivity index is 2.44. The van der Waals surface area contributed by atoms with E-state index in [1.807, 2.05) is 0 Å². The summed E-state index contributed by atoms with van der Waals surface area (Å²) in [6, 6.07) is 11.7. The van der Waals surface area contributed by atoms with Crippen LogP contribution in [0.5, 0.6) is 0 Å². The second-order valence-corrected chi connectivity index (χ2v) is 6.49. The van der Waals surface area contributed by atoms with Crippen LogP contribution in [-0.4, -0.2) is 9.85 Å². The minimum Gasteiger partial charge on any atom is -0.258 e. The fraction of sp³-hybridized carbons (Fsp3) is 0.100. The number of nitro groups is 2. The van der Waals surface area contributed by atoms with Crippen LogP contribution in [0.4, 0.5) is 37.7 Å². The monoisotopic (exact) mass is 456 g/mol. The molecule has 3 aromatic rings. The van der Waals surface area contributed by atoms with Crippen LogP contribution in [0.15, 0.2) is 60.7 Å². The van der Waals surface area contributed by atoms with Gasteiger partial charge in [-0.05, 0) is 35.4 Å². The van der Waals surface area contributed by atoms with E-state index in [2.05, 4.69) is 0 Å². The summed E-state index contributed by atoms with van der Waals surface area (Å²) < 4.78 is 80.3. The molecule has 0 aromatic heterocycles. The van der Waals surface area contributed by atoms with Crippen molar-refractivity contribution in [3.63, 3.8) is 0 Å². The first kappa shape index (κ1) is 22.7. The van der Waals surface area contributed by atoms with E-state index in [4.69, 9.17) is 0 Å². The van der Waals surface area contributed by atoms with Crippen LogP contribution in [-0.2, 0) is 12.4 Å². The molecule has 3 rings (SSSR count). The molecule has 0 aliphatic heterocycles. The normalized spacial score (nSPS) is 11.9. The van der Waals surface area contributed by atoms with Crippen molar-refractivity contribution in [1.82, 2.24) is 0 Å². The summed E-state index contributed by atoms with van der Waals surface area (Å²) in [5.74, 6) is 0. The first-order valence-corrected chi connectivity index (χ1v) is 8.62. The number of nitro benzene ring substituents is 2. The lowest BCUT2D eigenvalue weighted by molar-refractivity contribution is -0.388. The van der Waals surface area contributed by atoms with E-state index in [1.54, 1.807) is 30.3 Å². The topological polar surface area (TPSA) is 86.3 Å². The van der Waals surface area contributed by atoms with Crippen molar-refractivity contribution in [3.8, 4) is 22.3 Å². The highest BCUT2D eigenvalue weighted by atomic mass is 19.4. The lowest BCUT2D eigenvalue weighted by Gasteiger charge is -2.17. The van der Waals surface area contributed by atoms with Crippen LogP contribution < -0.4 is 0 Å². The maximum Gasteiger partial charge on any atom is 0.423 e. The minimum atomic E-state index is -5.75. The van der Waals surface area contributed by atoms with E-state index in [-0.39, 0.29) is 11.6 Å². The Hall–Kier alpha value is -3.96. The molecule has 12 heteroatoms. The molecule has 166 valence electrons. The standard InChI is InChI=1S/C20H10F6N2O4/c21-19(22,23)15-8-7-13(18(28(31)32)17(15)20(24,25)26)14-10-12(6-9-16(14)27(29)30)11-4-2-1-3-5-11/h1-10H. The Bertz CT molecular complexity index is 1210. The van der Waals surface area contributed by atoms with Crippen molar-refractivity contribution in [3.05, 3.63) is 92.0 Å². The SMILES string of the molecule is O=[N+]([O-])c1ccc(-c2ccccc2)cc1-c1ccc(C(F)(F)F)c(C(F)(F)F)c1[N+](=O)[O-]. The maximum atomic E-state index is 13.6. The highest BCUT2D eigenvalue weighted by Gasteiger charge is 2.49. The van der Waals surface area contributed by atoms with Gasteiger partial charge in [0.15, 0.2) is 0 Å². The molecule has 0 aliphatic carbocycles. The molecule has 32 heavy (non-hydrogen) atoms. The van der Waals surface area contributed by atoms with Crippen LogP contribution in [0, 0.1) is 20.2 Å². The van der Waals surface area contributed by atoms with Gasteiger partial charge in [0.05, 0.1) is 26.5 Å². The molecule has 0 bridgehead atoms. The van der Waals surface area contributed by atoms with E-state index in [9.17, 15) is 46.6 Å². The number of halogens is 6. The number of hydrogen-bond donors (Lipinski definition) is 0. The highest BCUT2D eigenvalue weighted by molar-refractivity contribution is 5.86. The molecule has 0 fully saturated rings. The molecule has 0 radical (unpaired) electrons. The molecule has 0 unspecified atom stereocenters. The number of alkyl halides is 6. The smallest absolute Gasteiger partial charge is 0.258 e. The Morgan fingerprint density at radius 2 is 1.28 bits per heavy atom. The maximum absolute atomic E-state index is 13.6. The van der Waals surface area contributed by atoms with Crippen molar-refractivity contribution in [1.29, 1.82) is 0 Å². The summed E-state index contributed by atoms with van der Waals surface area (Å²) in [6.07, 6.45) is -11.3. The molecule has 3 aromatic carbocycles. The molecule has 0 atom stereocenters. The summed E-state index contributed by atoms with van der Waals surface area (Å²) >= 11 is 0. The Kier molecular flexibility index (Phi) is 5.64. The summed E-state index contributed by atoms with van der Waals surface area (Å²) in [6.45, 7) is 0. The average Bonchev–Trinajstić information content (AvgIpc) is 2.71. The van der Waals surface area contributed by atoms with Gasteiger partial charge in [-0.25, -0.2) is 0 Å². The third kappa shape index (κ3) is 4.24. The fourth-order valence-corrected chi connectivity index (χ4v) is 3.24. The van der Waals surface area contributed by atoms with Crippen molar-refractivity contribution in [2.45, 2.75) is 12.4 Å². The summed E-state index contributed by atoms with van der Waals surface area (Å²) in [4.78, 5) is 20.4. The fourth-order valence-electron chi connectivity index (χ4n) is 3.24. The van der Waals surface area contributed by atoms with Gasteiger partial charge in [0.1, 0.15) is 5.56 Å². The van der Waals surface area contributed by atoms with Gasteiger partial charge < -0.3 is 0 Å². The van der Waals surface area contributed by atoms with E-state index in [0.717, 1.165) is 12.1 Å². The summed E-state index contributed by atoms with van der Waals surface area (Å²) in [5.41, 5.74) is -8.35. The number of rotatable bonds is 4. The zero-order valence-electron chi connectivity index (χ0n) is 15.6. The number of nitrogens with zero attached hydrogens (tertiary/aromatic N) is 2. The quantitative estimate of drug-likeness (QED) is 0.243. The molecular formula is C20H10F6N2O4. The zero-order valence-corrected chi connectivity index (χ0v) is 15.6. The van der Waals surface area contributed by atoms with Crippen LogP contribution in [0.1, 0.15) is 11.1 Å². The van der Waals surface area contributed by atoms with E-state index < -0.39 is 55.8 Å². The van der Waals surface area contributed by atoms with E-state index in [0.29, 0.717) is 11.6 Å². The van der Waals surface area contributed by atoms with Crippen molar-refractivity contribution >= 4 is 11.4 Å².